The standard InChI is InChI=1S/C35H35NO3S3/c1-8-39-32(38)29-28(22-12-10-9-11-13-22)41-33(42-29)27-25-20-21(2)14-19-26(25)36(35(6,7)30(27)40)31(37)23-15-17-24(18-16-23)34(3,4)5/h9-20H,8H2,1-7H3/b33-27+. The summed E-state index contributed by atoms with van der Waals surface area (Å²) in [5.41, 5.74) is 5.58. The Morgan fingerprint density at radius 2 is 1.62 bits per heavy atom. The number of hydrogen-bond acceptors (Lipinski definition) is 6. The zero-order valence-corrected chi connectivity index (χ0v) is 27.5. The molecule has 0 fully saturated rings. The van der Waals surface area contributed by atoms with E-state index in [1.807, 2.05) is 99.3 Å². The number of nitrogens with zero attached hydrogens (tertiary/aromatic N) is 1. The second-order valence-corrected chi connectivity index (χ2v) is 14.7. The van der Waals surface area contributed by atoms with Gasteiger partial charge >= 0.3 is 5.97 Å². The van der Waals surface area contributed by atoms with Gasteiger partial charge in [0.25, 0.3) is 5.91 Å². The van der Waals surface area contributed by atoms with Crippen molar-refractivity contribution in [1.82, 2.24) is 0 Å². The lowest BCUT2D eigenvalue weighted by Gasteiger charge is -2.45. The second kappa shape index (κ2) is 11.5. The summed E-state index contributed by atoms with van der Waals surface area (Å²) >= 11 is 9.19. The average Bonchev–Trinajstić information content (AvgIpc) is 3.39. The van der Waals surface area contributed by atoms with Gasteiger partial charge in [0.15, 0.2) is 0 Å². The van der Waals surface area contributed by atoms with Crippen molar-refractivity contribution in [3.63, 3.8) is 0 Å². The number of thioether (sulfide) groups is 2. The van der Waals surface area contributed by atoms with E-state index in [9.17, 15) is 9.59 Å². The molecular formula is C35H35NO3S3. The lowest BCUT2D eigenvalue weighted by Crippen LogP contribution is -2.56. The van der Waals surface area contributed by atoms with Crippen molar-refractivity contribution in [2.45, 2.75) is 59.4 Å². The lowest BCUT2D eigenvalue weighted by atomic mass is 9.82. The molecule has 0 bridgehead atoms. The summed E-state index contributed by atoms with van der Waals surface area (Å²) in [7, 11) is 0. The summed E-state index contributed by atoms with van der Waals surface area (Å²) in [6.07, 6.45) is 0. The number of thiocarbonyl (C=S) groups is 1. The molecule has 216 valence electrons. The van der Waals surface area contributed by atoms with E-state index in [-0.39, 0.29) is 17.3 Å². The maximum atomic E-state index is 14.2. The molecule has 0 unspecified atom stereocenters. The number of rotatable bonds is 4. The third kappa shape index (κ3) is 5.50. The Labute approximate surface area is 262 Å². The second-order valence-electron chi connectivity index (χ2n) is 12.0. The fraction of sp³-hybridized carbons (Fsp3) is 0.286. The first-order valence-electron chi connectivity index (χ1n) is 14.0. The van der Waals surface area contributed by atoms with E-state index >= 15 is 0 Å². The Bertz CT molecular complexity index is 1640. The van der Waals surface area contributed by atoms with Crippen molar-refractivity contribution in [1.29, 1.82) is 0 Å². The maximum absolute atomic E-state index is 14.2. The molecule has 42 heavy (non-hydrogen) atoms. The lowest BCUT2D eigenvalue weighted by molar-refractivity contribution is -0.137. The molecule has 2 aliphatic rings. The van der Waals surface area contributed by atoms with Crippen molar-refractivity contribution in [2.75, 3.05) is 11.5 Å². The van der Waals surface area contributed by atoms with Crippen molar-refractivity contribution < 1.29 is 14.3 Å². The number of carbonyl (C=O) groups excluding carboxylic acids is 2. The van der Waals surface area contributed by atoms with Crippen LogP contribution in [0.15, 0.2) is 81.9 Å². The highest BCUT2D eigenvalue weighted by Gasteiger charge is 2.46. The number of anilines is 1. The Morgan fingerprint density at radius 3 is 2.24 bits per heavy atom. The van der Waals surface area contributed by atoms with Crippen molar-refractivity contribution in [2.24, 2.45) is 0 Å². The van der Waals surface area contributed by atoms with E-state index in [4.69, 9.17) is 17.0 Å². The summed E-state index contributed by atoms with van der Waals surface area (Å²) in [5, 5.41) is 0. The number of aryl methyl sites for hydroxylation is 1. The molecule has 0 radical (unpaired) electrons. The predicted octanol–water partition coefficient (Wildman–Crippen LogP) is 9.18. The van der Waals surface area contributed by atoms with Gasteiger partial charge in [0.2, 0.25) is 0 Å². The summed E-state index contributed by atoms with van der Waals surface area (Å²) in [6, 6.07) is 23.9. The van der Waals surface area contributed by atoms with Gasteiger partial charge in [-0.25, -0.2) is 4.79 Å². The number of ether oxygens (including phenoxy) is 1. The van der Waals surface area contributed by atoms with Crippen LogP contribution in [0.4, 0.5) is 5.69 Å². The first kappa shape index (κ1) is 30.3. The summed E-state index contributed by atoms with van der Waals surface area (Å²) in [6.45, 7) is 14.6. The molecular weight excluding hydrogens is 579 g/mol. The fourth-order valence-corrected chi connectivity index (χ4v) is 8.33. The van der Waals surface area contributed by atoms with Crippen LogP contribution >= 0.6 is 35.7 Å². The SMILES string of the molecule is CCOC(=O)C1=C(c2ccccc2)S/C(=C2\C(=S)C(C)(C)N(C(=O)c3ccc(C(C)(C)C)cc3)c3ccc(C)cc32)S1. The third-order valence-electron chi connectivity index (χ3n) is 7.50. The van der Waals surface area contributed by atoms with Gasteiger partial charge in [0.05, 0.1) is 26.9 Å². The molecule has 4 nitrogen and oxygen atoms in total. The summed E-state index contributed by atoms with van der Waals surface area (Å²) in [4.78, 5) is 31.3. The van der Waals surface area contributed by atoms with Crippen LogP contribution in [0, 0.1) is 6.92 Å². The van der Waals surface area contributed by atoms with Gasteiger partial charge in [-0.15, -0.1) is 0 Å². The zero-order valence-electron chi connectivity index (χ0n) is 25.0. The van der Waals surface area contributed by atoms with E-state index in [1.54, 1.807) is 11.8 Å². The molecule has 7 heteroatoms. The minimum absolute atomic E-state index is 0.00952. The Hall–Kier alpha value is -3.13. The fourth-order valence-electron chi connectivity index (χ4n) is 5.20. The minimum atomic E-state index is -0.805. The van der Waals surface area contributed by atoms with Gasteiger partial charge in [0, 0.05) is 21.6 Å². The van der Waals surface area contributed by atoms with Gasteiger partial charge in [0.1, 0.15) is 4.91 Å². The first-order chi connectivity index (χ1) is 19.8. The van der Waals surface area contributed by atoms with E-state index in [1.165, 1.54) is 17.3 Å². The van der Waals surface area contributed by atoms with Gasteiger partial charge < -0.3 is 4.74 Å². The third-order valence-corrected chi connectivity index (χ3v) is 10.8. The number of hydrogen-bond donors (Lipinski definition) is 0. The summed E-state index contributed by atoms with van der Waals surface area (Å²) in [5.74, 6) is -0.440. The number of amides is 1. The van der Waals surface area contributed by atoms with E-state index in [0.29, 0.717) is 21.9 Å². The molecule has 5 rings (SSSR count). The van der Waals surface area contributed by atoms with E-state index < -0.39 is 5.54 Å². The topological polar surface area (TPSA) is 46.6 Å². The quantitative estimate of drug-likeness (QED) is 0.166. The molecule has 3 aromatic carbocycles. The molecule has 2 aliphatic heterocycles. The Balaban J connectivity index is 1.64. The highest BCUT2D eigenvalue weighted by Crippen LogP contribution is 2.58. The van der Waals surface area contributed by atoms with Crippen LogP contribution in [0.2, 0.25) is 0 Å². The van der Waals surface area contributed by atoms with Gasteiger partial charge in [-0.05, 0) is 68.5 Å². The average molecular weight is 614 g/mol. The van der Waals surface area contributed by atoms with Crippen LogP contribution < -0.4 is 4.90 Å². The molecule has 0 saturated heterocycles. The smallest absolute Gasteiger partial charge is 0.346 e. The van der Waals surface area contributed by atoms with Crippen LogP contribution in [0.1, 0.15) is 74.2 Å². The number of benzene rings is 3. The highest BCUT2D eigenvalue weighted by molar-refractivity contribution is 8.32. The number of esters is 1. The Morgan fingerprint density at radius 1 is 0.952 bits per heavy atom. The van der Waals surface area contributed by atoms with Crippen LogP contribution in [0.3, 0.4) is 0 Å². The monoisotopic (exact) mass is 613 g/mol. The van der Waals surface area contributed by atoms with Gasteiger partial charge in [-0.3, -0.25) is 9.69 Å². The zero-order chi connectivity index (χ0) is 30.4. The normalized spacial score (nSPS) is 18.3. The first-order valence-corrected chi connectivity index (χ1v) is 16.1. The molecule has 0 aromatic heterocycles. The number of fused-ring (bicyclic) bond motifs is 1. The van der Waals surface area contributed by atoms with Crippen molar-refractivity contribution in [3.8, 4) is 0 Å². The molecule has 0 saturated carbocycles. The molecule has 3 aromatic rings. The molecule has 0 atom stereocenters. The molecule has 0 aliphatic carbocycles. The van der Waals surface area contributed by atoms with Crippen LogP contribution in [-0.4, -0.2) is 28.9 Å². The highest BCUT2D eigenvalue weighted by atomic mass is 32.2. The van der Waals surface area contributed by atoms with Crippen molar-refractivity contribution >= 4 is 68.6 Å². The van der Waals surface area contributed by atoms with Crippen LogP contribution in [0.25, 0.3) is 10.5 Å². The number of carbonyl (C=O) groups is 2. The predicted molar refractivity (Wildman–Crippen MR) is 182 cm³/mol. The van der Waals surface area contributed by atoms with E-state index in [2.05, 4.69) is 26.8 Å². The molecule has 0 spiro atoms. The van der Waals surface area contributed by atoms with Crippen molar-refractivity contribution in [3.05, 3.63) is 110 Å². The van der Waals surface area contributed by atoms with Gasteiger partial charge in [-0.1, -0.05) is 111 Å². The largest absolute Gasteiger partial charge is 0.462 e. The molecule has 1 amide bonds. The van der Waals surface area contributed by atoms with Crippen LogP contribution in [0.5, 0.6) is 0 Å². The summed E-state index contributed by atoms with van der Waals surface area (Å²) < 4.78 is 6.38. The maximum Gasteiger partial charge on any atom is 0.346 e. The van der Waals surface area contributed by atoms with Gasteiger partial charge in [-0.2, -0.15) is 0 Å². The minimum Gasteiger partial charge on any atom is -0.462 e. The molecule has 0 N–H and O–H groups in total. The van der Waals surface area contributed by atoms with E-state index in [0.717, 1.165) is 37.1 Å². The van der Waals surface area contributed by atoms with Crippen LogP contribution in [-0.2, 0) is 14.9 Å². The Kier molecular flexibility index (Phi) is 8.31. The molecule has 2 heterocycles.